The van der Waals surface area contributed by atoms with E-state index in [0.29, 0.717) is 11.8 Å². The van der Waals surface area contributed by atoms with E-state index in [4.69, 9.17) is 9.72 Å². The number of thioether (sulfide) groups is 1. The van der Waals surface area contributed by atoms with Crippen LogP contribution in [-0.4, -0.2) is 15.6 Å². The second-order valence-corrected chi connectivity index (χ2v) is 8.65. The summed E-state index contributed by atoms with van der Waals surface area (Å²) in [6, 6.07) is 10.2. The number of nitrogens with zero attached hydrogens (tertiary/aromatic N) is 1. The summed E-state index contributed by atoms with van der Waals surface area (Å²) in [5, 5.41) is 1.44. The SMILES string of the molecule is CC[C@]1(C)Cc2c(sc3nc(SCc4ccccc4)[nH]c(=O)c23)CO1. The lowest BCUT2D eigenvalue weighted by atomic mass is 9.90. The summed E-state index contributed by atoms with van der Waals surface area (Å²) >= 11 is 3.15. The van der Waals surface area contributed by atoms with Crippen molar-refractivity contribution in [2.45, 2.75) is 49.8 Å². The van der Waals surface area contributed by atoms with Gasteiger partial charge in [-0.05, 0) is 24.5 Å². The summed E-state index contributed by atoms with van der Waals surface area (Å²) in [6.07, 6.45) is 1.71. The third-order valence-electron chi connectivity index (χ3n) is 4.79. The lowest BCUT2D eigenvalue weighted by Crippen LogP contribution is -2.34. The minimum atomic E-state index is -0.186. The molecule has 1 aliphatic heterocycles. The quantitative estimate of drug-likeness (QED) is 0.540. The van der Waals surface area contributed by atoms with Gasteiger partial charge in [-0.1, -0.05) is 49.0 Å². The Kier molecular flexibility index (Phi) is 4.43. The van der Waals surface area contributed by atoms with Crippen LogP contribution in [0, 0.1) is 0 Å². The zero-order valence-electron chi connectivity index (χ0n) is 14.3. The summed E-state index contributed by atoms with van der Waals surface area (Å²) in [5.74, 6) is 0.789. The molecule has 25 heavy (non-hydrogen) atoms. The van der Waals surface area contributed by atoms with E-state index in [1.807, 2.05) is 18.2 Å². The molecule has 4 rings (SSSR count). The molecule has 0 bridgehead atoms. The molecule has 130 valence electrons. The van der Waals surface area contributed by atoms with Gasteiger partial charge in [0.1, 0.15) is 4.83 Å². The predicted molar refractivity (Wildman–Crippen MR) is 103 cm³/mol. The first-order valence-corrected chi connectivity index (χ1v) is 10.2. The molecule has 0 unspecified atom stereocenters. The number of rotatable bonds is 4. The zero-order chi connectivity index (χ0) is 17.4. The Morgan fingerprint density at radius 2 is 2.16 bits per heavy atom. The van der Waals surface area contributed by atoms with Crippen LogP contribution in [0.1, 0.15) is 36.3 Å². The molecule has 0 aliphatic carbocycles. The molecule has 0 spiro atoms. The van der Waals surface area contributed by atoms with Crippen molar-refractivity contribution in [3.05, 3.63) is 56.7 Å². The Balaban J connectivity index is 1.66. The van der Waals surface area contributed by atoms with Crippen molar-refractivity contribution >= 4 is 33.3 Å². The minimum absolute atomic E-state index is 0.0292. The third kappa shape index (κ3) is 3.26. The molecule has 0 fully saturated rings. The van der Waals surface area contributed by atoms with E-state index in [1.165, 1.54) is 5.56 Å². The fourth-order valence-corrected chi connectivity index (χ4v) is 5.06. The van der Waals surface area contributed by atoms with Gasteiger partial charge in [0.15, 0.2) is 5.16 Å². The minimum Gasteiger partial charge on any atom is -0.369 e. The molecule has 6 heteroatoms. The van der Waals surface area contributed by atoms with Gasteiger partial charge >= 0.3 is 0 Å². The second kappa shape index (κ2) is 6.59. The molecule has 0 radical (unpaired) electrons. The van der Waals surface area contributed by atoms with Crippen molar-refractivity contribution in [3.63, 3.8) is 0 Å². The normalized spacial score (nSPS) is 19.9. The summed E-state index contributed by atoms with van der Waals surface area (Å²) in [5.41, 5.74) is 2.13. The van der Waals surface area contributed by atoms with Gasteiger partial charge in [-0.25, -0.2) is 4.98 Å². The van der Waals surface area contributed by atoms with Crippen LogP contribution in [-0.2, 0) is 23.5 Å². The van der Waals surface area contributed by atoms with E-state index in [9.17, 15) is 4.79 Å². The summed E-state index contributed by atoms with van der Waals surface area (Å²) in [4.78, 5) is 22.3. The van der Waals surface area contributed by atoms with Gasteiger partial charge in [-0.3, -0.25) is 4.79 Å². The molecule has 0 amide bonds. The molecule has 4 nitrogen and oxygen atoms in total. The average Bonchev–Trinajstić information content (AvgIpc) is 2.98. The predicted octanol–water partition coefficient (Wildman–Crippen LogP) is 4.52. The van der Waals surface area contributed by atoms with Crippen LogP contribution >= 0.6 is 23.1 Å². The van der Waals surface area contributed by atoms with Gasteiger partial charge in [0.05, 0.1) is 17.6 Å². The first kappa shape index (κ1) is 16.8. The highest BCUT2D eigenvalue weighted by Gasteiger charge is 2.32. The molecule has 1 aromatic carbocycles. The third-order valence-corrected chi connectivity index (χ3v) is 6.84. The van der Waals surface area contributed by atoms with Crippen molar-refractivity contribution in [2.24, 2.45) is 0 Å². The number of aromatic nitrogens is 2. The summed E-state index contributed by atoms with van der Waals surface area (Å²) < 4.78 is 6.01. The molecule has 3 heterocycles. The van der Waals surface area contributed by atoms with E-state index >= 15 is 0 Å². The highest BCUT2D eigenvalue weighted by atomic mass is 32.2. The molecule has 1 N–H and O–H groups in total. The highest BCUT2D eigenvalue weighted by Crippen LogP contribution is 2.38. The standard InChI is InChI=1S/C19H20N2O2S2/c1-3-19(2)9-13-14(10-23-19)25-17-15(13)16(22)20-18(21-17)24-11-12-7-5-4-6-8-12/h4-8H,3,9-11H2,1-2H3,(H,20,21,22)/t19-/m1/s1. The topological polar surface area (TPSA) is 55.0 Å². The van der Waals surface area contributed by atoms with E-state index in [0.717, 1.165) is 39.3 Å². The number of nitrogens with one attached hydrogen (secondary N) is 1. The first-order chi connectivity index (χ1) is 12.1. The van der Waals surface area contributed by atoms with Crippen LogP contribution in [0.25, 0.3) is 10.2 Å². The molecule has 1 aliphatic rings. The Morgan fingerprint density at radius 1 is 1.36 bits per heavy atom. The lowest BCUT2D eigenvalue weighted by molar-refractivity contribution is -0.0543. The number of ether oxygens (including phenoxy) is 1. The van der Waals surface area contributed by atoms with Crippen LogP contribution in [0.15, 0.2) is 40.3 Å². The summed E-state index contributed by atoms with van der Waals surface area (Å²) in [6.45, 7) is 4.82. The van der Waals surface area contributed by atoms with Crippen molar-refractivity contribution < 1.29 is 4.74 Å². The van der Waals surface area contributed by atoms with Crippen molar-refractivity contribution in [3.8, 4) is 0 Å². The fourth-order valence-electron chi connectivity index (χ4n) is 3.08. The van der Waals surface area contributed by atoms with Gasteiger partial charge in [0.2, 0.25) is 0 Å². The zero-order valence-corrected chi connectivity index (χ0v) is 15.9. The first-order valence-electron chi connectivity index (χ1n) is 8.43. The highest BCUT2D eigenvalue weighted by molar-refractivity contribution is 7.98. The van der Waals surface area contributed by atoms with Gasteiger partial charge in [-0.2, -0.15) is 0 Å². The second-order valence-electron chi connectivity index (χ2n) is 6.60. The van der Waals surface area contributed by atoms with Crippen LogP contribution in [0.2, 0.25) is 0 Å². The number of thiophene rings is 1. The maximum Gasteiger partial charge on any atom is 0.260 e. The molecular formula is C19H20N2O2S2. The van der Waals surface area contributed by atoms with Gasteiger partial charge in [0.25, 0.3) is 5.56 Å². The Hall–Kier alpha value is -1.63. The maximum absolute atomic E-state index is 12.7. The van der Waals surface area contributed by atoms with E-state index in [1.54, 1.807) is 23.1 Å². The van der Waals surface area contributed by atoms with Gasteiger partial charge in [0, 0.05) is 17.1 Å². The summed E-state index contributed by atoms with van der Waals surface area (Å²) in [7, 11) is 0. The van der Waals surface area contributed by atoms with Crippen LogP contribution in [0.3, 0.4) is 0 Å². The van der Waals surface area contributed by atoms with E-state index in [2.05, 4.69) is 31.0 Å². The molecule has 3 aromatic rings. The number of benzene rings is 1. The Labute approximate surface area is 154 Å². The van der Waals surface area contributed by atoms with Gasteiger partial charge < -0.3 is 9.72 Å². The van der Waals surface area contributed by atoms with Crippen LogP contribution < -0.4 is 5.56 Å². The molecule has 0 saturated heterocycles. The number of hydrogen-bond donors (Lipinski definition) is 1. The molecular weight excluding hydrogens is 352 g/mol. The number of H-pyrrole nitrogens is 1. The smallest absolute Gasteiger partial charge is 0.260 e. The average molecular weight is 373 g/mol. The van der Waals surface area contributed by atoms with Gasteiger partial charge in [-0.15, -0.1) is 11.3 Å². The van der Waals surface area contributed by atoms with Crippen molar-refractivity contribution in [2.75, 3.05) is 0 Å². The molecule has 2 aromatic heterocycles. The molecule has 1 atom stereocenters. The fraction of sp³-hybridized carbons (Fsp3) is 0.368. The Bertz CT molecular complexity index is 965. The maximum atomic E-state index is 12.7. The van der Waals surface area contributed by atoms with Crippen molar-refractivity contribution in [1.29, 1.82) is 0 Å². The van der Waals surface area contributed by atoms with Crippen LogP contribution in [0.4, 0.5) is 0 Å². The van der Waals surface area contributed by atoms with E-state index in [-0.39, 0.29) is 11.2 Å². The molecule has 0 saturated carbocycles. The number of hydrogen-bond acceptors (Lipinski definition) is 5. The Morgan fingerprint density at radius 3 is 2.92 bits per heavy atom. The number of aromatic amines is 1. The van der Waals surface area contributed by atoms with E-state index < -0.39 is 0 Å². The number of fused-ring (bicyclic) bond motifs is 3. The van der Waals surface area contributed by atoms with Crippen LogP contribution in [0.5, 0.6) is 0 Å². The van der Waals surface area contributed by atoms with Crippen molar-refractivity contribution in [1.82, 2.24) is 9.97 Å². The monoisotopic (exact) mass is 372 g/mol. The lowest BCUT2D eigenvalue weighted by Gasteiger charge is -2.32. The largest absolute Gasteiger partial charge is 0.369 e.